The van der Waals surface area contributed by atoms with Gasteiger partial charge in [0.2, 0.25) is 11.9 Å². The van der Waals surface area contributed by atoms with Gasteiger partial charge in [-0.15, -0.1) is 0 Å². The highest BCUT2D eigenvalue weighted by Gasteiger charge is 2.33. The molecule has 1 atom stereocenters. The summed E-state index contributed by atoms with van der Waals surface area (Å²) < 4.78 is 10.9. The highest BCUT2D eigenvalue weighted by molar-refractivity contribution is 5.94. The van der Waals surface area contributed by atoms with Gasteiger partial charge in [-0.1, -0.05) is 26.0 Å². The quantitative estimate of drug-likeness (QED) is 0.389. The standard InChI is InChI=1S/C33H41N7O4/c1-33(2,19-22-3-5-24(6-4-22)30(42)39-11-15-43-16-12-39)27(41)10-8-23-7-9-26-28(23)37-32(40-13-17-44-18-14-40)38-29(26)25-20-35-31(34)36-21-25/h3-6,20-21,23H,7-19H2,1-2H3,(H2,34,35,36). The molecule has 4 heterocycles. The van der Waals surface area contributed by atoms with E-state index in [1.54, 1.807) is 12.4 Å². The van der Waals surface area contributed by atoms with E-state index >= 15 is 0 Å². The summed E-state index contributed by atoms with van der Waals surface area (Å²) in [6.45, 7) is 9.16. The van der Waals surface area contributed by atoms with Crippen molar-refractivity contribution >= 4 is 23.6 Å². The van der Waals surface area contributed by atoms with Crippen molar-refractivity contribution in [3.05, 3.63) is 59.0 Å². The molecule has 3 aromatic rings. The van der Waals surface area contributed by atoms with E-state index in [0.717, 1.165) is 60.4 Å². The van der Waals surface area contributed by atoms with Gasteiger partial charge in [0.05, 0.1) is 37.8 Å². The number of ketones is 1. The predicted octanol–water partition coefficient (Wildman–Crippen LogP) is 3.47. The minimum absolute atomic E-state index is 0.0275. The molecule has 11 nitrogen and oxygen atoms in total. The third-order valence-electron chi connectivity index (χ3n) is 9.02. The van der Waals surface area contributed by atoms with Crippen molar-refractivity contribution in [3.8, 4) is 11.3 Å². The number of carbonyl (C=O) groups excluding carboxylic acids is 2. The van der Waals surface area contributed by atoms with Crippen molar-refractivity contribution < 1.29 is 19.1 Å². The van der Waals surface area contributed by atoms with Crippen LogP contribution in [0.25, 0.3) is 11.3 Å². The molecule has 0 spiro atoms. The van der Waals surface area contributed by atoms with Crippen molar-refractivity contribution in [2.75, 3.05) is 63.2 Å². The second-order valence-electron chi connectivity index (χ2n) is 12.5. The Bertz CT molecular complexity index is 1480. The summed E-state index contributed by atoms with van der Waals surface area (Å²) in [7, 11) is 0. The van der Waals surface area contributed by atoms with Gasteiger partial charge in [0, 0.05) is 73.0 Å². The minimum atomic E-state index is -0.533. The SMILES string of the molecule is CC(C)(Cc1ccc(C(=O)N2CCOCC2)cc1)C(=O)CCC1CCc2c(-c3cnc(N)nc3)nc(N3CCOCC3)nc21. The lowest BCUT2D eigenvalue weighted by Crippen LogP contribution is -2.40. The average molecular weight is 600 g/mol. The third-order valence-corrected chi connectivity index (χ3v) is 9.02. The Morgan fingerprint density at radius 3 is 2.30 bits per heavy atom. The number of anilines is 2. The molecule has 1 aliphatic carbocycles. The van der Waals surface area contributed by atoms with Gasteiger partial charge in [0.1, 0.15) is 5.78 Å². The Kier molecular flexibility index (Phi) is 8.86. The van der Waals surface area contributed by atoms with Gasteiger partial charge in [0.25, 0.3) is 5.91 Å². The van der Waals surface area contributed by atoms with E-state index in [0.29, 0.717) is 63.9 Å². The molecule has 11 heteroatoms. The number of nitrogen functional groups attached to an aromatic ring is 1. The van der Waals surface area contributed by atoms with Gasteiger partial charge in [-0.3, -0.25) is 9.59 Å². The number of benzene rings is 1. The number of aromatic nitrogens is 4. The summed E-state index contributed by atoms with van der Waals surface area (Å²) in [4.78, 5) is 48.8. The molecule has 0 radical (unpaired) electrons. The third kappa shape index (κ3) is 6.58. The van der Waals surface area contributed by atoms with E-state index in [1.807, 2.05) is 43.0 Å². The number of ether oxygens (including phenoxy) is 2. The molecule has 1 unspecified atom stereocenters. The first kappa shape index (κ1) is 30.1. The summed E-state index contributed by atoms with van der Waals surface area (Å²) in [6.07, 6.45) is 7.03. The van der Waals surface area contributed by atoms with Crippen LogP contribution in [-0.2, 0) is 27.1 Å². The second-order valence-corrected chi connectivity index (χ2v) is 12.5. The smallest absolute Gasteiger partial charge is 0.254 e. The number of amides is 1. The first-order valence-corrected chi connectivity index (χ1v) is 15.6. The number of fused-ring (bicyclic) bond motifs is 1. The van der Waals surface area contributed by atoms with Crippen LogP contribution in [0.15, 0.2) is 36.7 Å². The molecule has 0 bridgehead atoms. The lowest BCUT2D eigenvalue weighted by molar-refractivity contribution is -0.127. The normalized spacial score (nSPS) is 18.7. The molecule has 6 rings (SSSR count). The molecular weight excluding hydrogens is 558 g/mol. The number of nitrogens with two attached hydrogens (primary N) is 1. The fourth-order valence-corrected chi connectivity index (χ4v) is 6.38. The Balaban J connectivity index is 1.14. The van der Waals surface area contributed by atoms with Gasteiger partial charge in [-0.05, 0) is 43.4 Å². The second kappa shape index (κ2) is 13.0. The summed E-state index contributed by atoms with van der Waals surface area (Å²) in [5.74, 6) is 1.34. The molecule has 2 aliphatic heterocycles. The number of carbonyl (C=O) groups is 2. The molecule has 3 aliphatic rings. The number of hydrogen-bond acceptors (Lipinski definition) is 10. The minimum Gasteiger partial charge on any atom is -0.378 e. The number of rotatable bonds is 9. The number of hydrogen-bond donors (Lipinski definition) is 1. The Morgan fingerprint density at radius 2 is 1.61 bits per heavy atom. The number of morpholine rings is 2. The fraction of sp³-hybridized carbons (Fsp3) is 0.515. The van der Waals surface area contributed by atoms with Crippen LogP contribution < -0.4 is 10.6 Å². The molecule has 2 N–H and O–H groups in total. The molecule has 1 aromatic carbocycles. The number of Topliss-reactive ketones (excluding diaryl/α,β-unsaturated/α-hetero) is 1. The van der Waals surface area contributed by atoms with E-state index in [4.69, 9.17) is 25.2 Å². The van der Waals surface area contributed by atoms with Crippen LogP contribution in [0.1, 0.15) is 66.2 Å². The zero-order valence-corrected chi connectivity index (χ0v) is 25.6. The van der Waals surface area contributed by atoms with Crippen molar-refractivity contribution in [2.24, 2.45) is 5.41 Å². The summed E-state index contributed by atoms with van der Waals surface area (Å²) in [5, 5.41) is 0. The fourth-order valence-electron chi connectivity index (χ4n) is 6.38. The van der Waals surface area contributed by atoms with Crippen LogP contribution in [0, 0.1) is 5.41 Å². The Morgan fingerprint density at radius 1 is 0.955 bits per heavy atom. The van der Waals surface area contributed by atoms with Crippen molar-refractivity contribution in [1.29, 1.82) is 0 Å². The lowest BCUT2D eigenvalue weighted by Gasteiger charge is -2.28. The molecule has 232 valence electrons. The zero-order valence-electron chi connectivity index (χ0n) is 25.6. The monoisotopic (exact) mass is 599 g/mol. The van der Waals surface area contributed by atoms with Gasteiger partial charge in [-0.25, -0.2) is 19.9 Å². The van der Waals surface area contributed by atoms with Gasteiger partial charge < -0.3 is 25.0 Å². The maximum atomic E-state index is 13.6. The van der Waals surface area contributed by atoms with E-state index in [2.05, 4.69) is 14.9 Å². The Hall–Kier alpha value is -3.96. The van der Waals surface area contributed by atoms with Crippen molar-refractivity contribution in [3.63, 3.8) is 0 Å². The topological polar surface area (TPSA) is 137 Å². The van der Waals surface area contributed by atoms with Gasteiger partial charge >= 0.3 is 0 Å². The molecule has 2 saturated heterocycles. The maximum absolute atomic E-state index is 13.6. The highest BCUT2D eigenvalue weighted by atomic mass is 16.5. The summed E-state index contributed by atoms with van der Waals surface area (Å²) >= 11 is 0. The first-order chi connectivity index (χ1) is 21.3. The molecule has 1 amide bonds. The maximum Gasteiger partial charge on any atom is 0.254 e. The highest BCUT2D eigenvalue weighted by Crippen LogP contribution is 2.41. The summed E-state index contributed by atoms with van der Waals surface area (Å²) in [5.41, 5.74) is 10.7. The van der Waals surface area contributed by atoms with Crippen LogP contribution in [0.4, 0.5) is 11.9 Å². The number of nitrogens with zero attached hydrogens (tertiary/aromatic N) is 6. The predicted molar refractivity (Wildman–Crippen MR) is 166 cm³/mol. The molecule has 0 saturated carbocycles. The molecular formula is C33H41N7O4. The van der Waals surface area contributed by atoms with Gasteiger partial charge in [-0.2, -0.15) is 0 Å². The van der Waals surface area contributed by atoms with Crippen LogP contribution >= 0.6 is 0 Å². The first-order valence-electron chi connectivity index (χ1n) is 15.6. The Labute approximate surface area is 258 Å². The van der Waals surface area contributed by atoms with Crippen LogP contribution in [-0.4, -0.2) is 89.1 Å². The van der Waals surface area contributed by atoms with Crippen LogP contribution in [0.5, 0.6) is 0 Å². The van der Waals surface area contributed by atoms with E-state index in [9.17, 15) is 9.59 Å². The zero-order chi connectivity index (χ0) is 30.7. The largest absolute Gasteiger partial charge is 0.378 e. The molecule has 2 aromatic heterocycles. The van der Waals surface area contributed by atoms with E-state index in [-0.39, 0.29) is 23.6 Å². The van der Waals surface area contributed by atoms with Crippen LogP contribution in [0.2, 0.25) is 0 Å². The van der Waals surface area contributed by atoms with Crippen molar-refractivity contribution in [1.82, 2.24) is 24.8 Å². The van der Waals surface area contributed by atoms with Crippen molar-refractivity contribution in [2.45, 2.75) is 51.9 Å². The van der Waals surface area contributed by atoms with Crippen LogP contribution in [0.3, 0.4) is 0 Å². The lowest BCUT2D eigenvalue weighted by atomic mass is 9.79. The average Bonchev–Trinajstić information content (AvgIpc) is 3.47. The molecule has 2 fully saturated rings. The molecule has 44 heavy (non-hydrogen) atoms. The summed E-state index contributed by atoms with van der Waals surface area (Å²) in [6, 6.07) is 7.70. The van der Waals surface area contributed by atoms with Gasteiger partial charge in [0.15, 0.2) is 0 Å². The van der Waals surface area contributed by atoms with E-state index in [1.165, 1.54) is 0 Å². The van der Waals surface area contributed by atoms with E-state index < -0.39 is 5.41 Å².